The highest BCUT2D eigenvalue weighted by atomic mass is 16.5. The molecular weight excluding hydrogens is 661 g/mol. The number of rotatable bonds is 16. The normalized spacial score (nSPS) is 9.70. The van der Waals surface area contributed by atoms with Crippen molar-refractivity contribution in [2.45, 2.75) is 45.4 Å². The van der Waals surface area contributed by atoms with Crippen LogP contribution in [0.4, 0.5) is 0 Å². The lowest BCUT2D eigenvalue weighted by atomic mass is 9.93. The van der Waals surface area contributed by atoms with Gasteiger partial charge in [-0.25, -0.2) is 4.79 Å². The molecule has 9 heteroatoms. The first-order chi connectivity index (χ1) is 26.0. The number of nitrogens with zero attached hydrogens (tertiary/aromatic N) is 2. The molecule has 0 unspecified atom stereocenters. The zero-order valence-corrected chi connectivity index (χ0v) is 30.7. The Balaban J connectivity index is 0.000000314. The number of hydrogen-bond donors (Lipinski definition) is 4. The molecule has 0 aliphatic rings. The van der Waals surface area contributed by atoms with Crippen LogP contribution < -0.4 is 22.5 Å². The van der Waals surface area contributed by atoms with Gasteiger partial charge >= 0.3 is 5.97 Å². The standard InChI is InChI=1S/C21H23N3O.C18H15NO2.C5H14N2/c22-14-8-3-9-15-24-21(25)19(16-23)20(17-10-4-1-5-11-17)18-12-6-2-7-13-18;1-2-21-18(20)16(13-19)17(14-9-5-3-6-10-14)15-11-7-4-8-12-15;6-4-2-1-3-5-7/h1-2,4-7,10-13H,3,8-9,14-15,22H2,(H,24,25);3-12H,2H2,1H3;1-7H2. The molecule has 7 N–H and O–H groups in total. The highest BCUT2D eigenvalue weighted by Gasteiger charge is 2.20. The van der Waals surface area contributed by atoms with E-state index in [4.69, 9.17) is 21.9 Å². The Morgan fingerprint density at radius 1 is 0.547 bits per heavy atom. The van der Waals surface area contributed by atoms with Crippen LogP contribution in [0.3, 0.4) is 0 Å². The van der Waals surface area contributed by atoms with Crippen molar-refractivity contribution in [2.24, 2.45) is 17.2 Å². The average molecular weight is 713 g/mol. The monoisotopic (exact) mass is 712 g/mol. The summed E-state index contributed by atoms with van der Waals surface area (Å²) in [4.78, 5) is 24.6. The molecule has 0 aliphatic carbocycles. The summed E-state index contributed by atoms with van der Waals surface area (Å²) in [6, 6.07) is 41.9. The average Bonchev–Trinajstić information content (AvgIpc) is 3.21. The second-order valence-corrected chi connectivity index (χ2v) is 11.7. The number of amides is 1. The summed E-state index contributed by atoms with van der Waals surface area (Å²) in [7, 11) is 0. The molecule has 0 saturated heterocycles. The first-order valence-corrected chi connectivity index (χ1v) is 18.0. The smallest absolute Gasteiger partial charge is 0.349 e. The molecule has 53 heavy (non-hydrogen) atoms. The number of nitrogens with one attached hydrogen (secondary N) is 1. The van der Waals surface area contributed by atoms with Gasteiger partial charge < -0.3 is 27.3 Å². The predicted molar refractivity (Wildman–Crippen MR) is 214 cm³/mol. The van der Waals surface area contributed by atoms with Crippen LogP contribution >= 0.6 is 0 Å². The Labute approximate surface area is 314 Å². The SMILES string of the molecule is CCOC(=O)C(C#N)=C(c1ccccc1)c1ccccc1.N#CC(C(=O)NCCCCCN)=C(c1ccccc1)c1ccccc1.NCCCCCN. The Hall–Kier alpha value is -5.84. The molecular formula is C44H52N6O3. The van der Waals surface area contributed by atoms with Crippen LogP contribution in [0, 0.1) is 22.7 Å². The number of unbranched alkanes of at least 4 members (excludes halogenated alkanes) is 4. The van der Waals surface area contributed by atoms with Gasteiger partial charge in [-0.1, -0.05) is 134 Å². The largest absolute Gasteiger partial charge is 0.462 e. The van der Waals surface area contributed by atoms with E-state index >= 15 is 0 Å². The first-order valence-electron chi connectivity index (χ1n) is 18.0. The van der Waals surface area contributed by atoms with Gasteiger partial charge in [0.25, 0.3) is 5.91 Å². The summed E-state index contributed by atoms with van der Waals surface area (Å²) in [5.74, 6) is -0.930. The van der Waals surface area contributed by atoms with E-state index in [2.05, 4.69) is 11.4 Å². The molecule has 0 saturated carbocycles. The van der Waals surface area contributed by atoms with Gasteiger partial charge in [0, 0.05) is 17.7 Å². The Morgan fingerprint density at radius 3 is 1.21 bits per heavy atom. The molecule has 4 aromatic carbocycles. The van der Waals surface area contributed by atoms with Crippen LogP contribution in [-0.4, -0.2) is 44.7 Å². The van der Waals surface area contributed by atoms with Gasteiger partial charge in [-0.05, 0) is 74.5 Å². The number of benzene rings is 4. The van der Waals surface area contributed by atoms with Crippen molar-refractivity contribution < 1.29 is 14.3 Å². The van der Waals surface area contributed by atoms with Crippen molar-refractivity contribution in [3.63, 3.8) is 0 Å². The number of carbonyl (C=O) groups excluding carboxylic acids is 2. The van der Waals surface area contributed by atoms with Gasteiger partial charge in [-0.3, -0.25) is 4.79 Å². The highest BCUT2D eigenvalue weighted by molar-refractivity contribution is 6.08. The summed E-state index contributed by atoms with van der Waals surface area (Å²) >= 11 is 0. The molecule has 0 heterocycles. The van der Waals surface area contributed by atoms with Crippen molar-refractivity contribution in [2.75, 3.05) is 32.8 Å². The van der Waals surface area contributed by atoms with Crippen molar-refractivity contribution in [3.8, 4) is 12.1 Å². The van der Waals surface area contributed by atoms with Gasteiger partial charge in [0.2, 0.25) is 0 Å². The van der Waals surface area contributed by atoms with E-state index in [1.54, 1.807) is 6.92 Å². The fraction of sp³-hybridized carbons (Fsp3) is 0.273. The van der Waals surface area contributed by atoms with Gasteiger partial charge in [0.05, 0.1) is 6.61 Å². The predicted octanol–water partition coefficient (Wildman–Crippen LogP) is 6.91. The number of ether oxygens (including phenoxy) is 1. The lowest BCUT2D eigenvalue weighted by Crippen LogP contribution is -2.26. The molecule has 1 amide bonds. The summed E-state index contributed by atoms with van der Waals surface area (Å²) in [6.45, 7) is 4.77. The molecule has 4 rings (SSSR count). The zero-order chi connectivity index (χ0) is 38.5. The number of carbonyl (C=O) groups is 2. The third-order valence-electron chi connectivity index (χ3n) is 7.75. The van der Waals surface area contributed by atoms with E-state index in [-0.39, 0.29) is 23.7 Å². The lowest BCUT2D eigenvalue weighted by molar-refractivity contribution is -0.137. The maximum Gasteiger partial charge on any atom is 0.349 e. The van der Waals surface area contributed by atoms with Crippen LogP contribution in [-0.2, 0) is 14.3 Å². The number of hydrogen-bond acceptors (Lipinski definition) is 8. The lowest BCUT2D eigenvalue weighted by Gasteiger charge is -2.12. The number of nitrogens with two attached hydrogens (primary N) is 3. The summed E-state index contributed by atoms with van der Waals surface area (Å²) in [6.07, 6.45) is 6.19. The van der Waals surface area contributed by atoms with Gasteiger partial charge in [0.15, 0.2) is 0 Å². The third-order valence-corrected chi connectivity index (χ3v) is 7.75. The van der Waals surface area contributed by atoms with E-state index in [9.17, 15) is 20.1 Å². The molecule has 9 nitrogen and oxygen atoms in total. The van der Waals surface area contributed by atoms with E-state index in [0.29, 0.717) is 24.2 Å². The summed E-state index contributed by atoms with van der Waals surface area (Å²) in [5, 5.41) is 21.9. The summed E-state index contributed by atoms with van der Waals surface area (Å²) < 4.78 is 5.00. The van der Waals surface area contributed by atoms with E-state index < -0.39 is 5.97 Å². The zero-order valence-electron chi connectivity index (χ0n) is 30.7. The highest BCUT2D eigenvalue weighted by Crippen LogP contribution is 2.28. The molecule has 0 fully saturated rings. The van der Waals surface area contributed by atoms with Crippen LogP contribution in [0.15, 0.2) is 132 Å². The van der Waals surface area contributed by atoms with Crippen LogP contribution in [0.5, 0.6) is 0 Å². The third kappa shape index (κ3) is 15.5. The molecule has 0 atom stereocenters. The molecule has 4 aromatic rings. The van der Waals surface area contributed by atoms with Crippen LogP contribution in [0.1, 0.15) is 67.7 Å². The second-order valence-electron chi connectivity index (χ2n) is 11.7. The topological polar surface area (TPSA) is 181 Å². The number of esters is 1. The first kappa shape index (κ1) is 43.3. The fourth-order valence-corrected chi connectivity index (χ4v) is 5.16. The molecule has 0 aromatic heterocycles. The molecule has 0 spiro atoms. The molecule has 276 valence electrons. The van der Waals surface area contributed by atoms with Crippen molar-refractivity contribution in [1.82, 2.24) is 5.32 Å². The molecule has 0 radical (unpaired) electrons. The van der Waals surface area contributed by atoms with E-state index in [0.717, 1.165) is 67.4 Å². The molecule has 0 bridgehead atoms. The minimum atomic E-state index is -0.595. The minimum absolute atomic E-state index is 0.0225. The van der Waals surface area contributed by atoms with Gasteiger partial charge in [-0.2, -0.15) is 10.5 Å². The van der Waals surface area contributed by atoms with Crippen molar-refractivity contribution in [3.05, 3.63) is 155 Å². The second kappa shape index (κ2) is 26.9. The fourth-order valence-electron chi connectivity index (χ4n) is 5.16. The Morgan fingerprint density at radius 2 is 0.887 bits per heavy atom. The summed E-state index contributed by atoms with van der Waals surface area (Å²) in [5.41, 5.74) is 20.7. The van der Waals surface area contributed by atoms with Gasteiger partial charge in [0.1, 0.15) is 23.3 Å². The minimum Gasteiger partial charge on any atom is -0.462 e. The van der Waals surface area contributed by atoms with Crippen molar-refractivity contribution in [1.29, 1.82) is 10.5 Å². The quantitative estimate of drug-likeness (QED) is 0.0419. The van der Waals surface area contributed by atoms with E-state index in [1.165, 1.54) is 6.42 Å². The Kier molecular flexibility index (Phi) is 22.0. The van der Waals surface area contributed by atoms with Crippen molar-refractivity contribution >= 4 is 23.0 Å². The number of nitriles is 2. The maximum atomic E-state index is 12.6. The van der Waals surface area contributed by atoms with E-state index in [1.807, 2.05) is 127 Å². The van der Waals surface area contributed by atoms with Gasteiger partial charge in [-0.15, -0.1) is 0 Å². The Bertz CT molecular complexity index is 1690. The van der Waals surface area contributed by atoms with Crippen LogP contribution in [0.2, 0.25) is 0 Å². The van der Waals surface area contributed by atoms with Crippen LogP contribution in [0.25, 0.3) is 11.1 Å². The molecule has 0 aliphatic heterocycles. The maximum absolute atomic E-state index is 12.6.